The molecule has 0 aromatic carbocycles. The maximum atomic E-state index is 12.7. The molecular formula is C15H20N5NaO6S3. The second-order valence-electron chi connectivity index (χ2n) is 6.52. The van der Waals surface area contributed by atoms with Gasteiger partial charge in [-0.25, -0.2) is 17.7 Å². The van der Waals surface area contributed by atoms with E-state index >= 15 is 0 Å². The topological polar surface area (TPSA) is 167 Å². The molecule has 0 spiro atoms. The van der Waals surface area contributed by atoms with E-state index < -0.39 is 33.5 Å². The second-order valence-corrected chi connectivity index (χ2v) is 10.1. The van der Waals surface area contributed by atoms with Gasteiger partial charge in [0, 0.05) is 10.6 Å². The van der Waals surface area contributed by atoms with Crippen molar-refractivity contribution in [3.63, 3.8) is 0 Å². The van der Waals surface area contributed by atoms with Crippen molar-refractivity contribution < 1.29 is 57.0 Å². The number of β-lactam (4-membered cyclic amide) rings is 1. The summed E-state index contributed by atoms with van der Waals surface area (Å²) in [7, 11) is -3.74. The molecule has 2 amide bonds. The number of aromatic nitrogens is 1. The van der Waals surface area contributed by atoms with Gasteiger partial charge in [-0.3, -0.25) is 9.59 Å². The summed E-state index contributed by atoms with van der Waals surface area (Å²) >= 11 is 2.32. The van der Waals surface area contributed by atoms with Gasteiger partial charge in [-0.1, -0.05) is 24.4 Å². The SMILES string of the molecule is CO/N=C(/C(=O)N[C@@H]1C(=O)N(S(=O)(=O)[O-])[C@@H]1SC1CCCCC1)c1csc(N)n1.[Na+]. The molecule has 1 saturated carbocycles. The maximum Gasteiger partial charge on any atom is 1.00 e. The molecule has 2 fully saturated rings. The van der Waals surface area contributed by atoms with Crippen LogP contribution in [0.2, 0.25) is 0 Å². The summed E-state index contributed by atoms with van der Waals surface area (Å²) in [4.78, 5) is 33.7. The van der Waals surface area contributed by atoms with Gasteiger partial charge in [-0.2, -0.15) is 0 Å². The van der Waals surface area contributed by atoms with Crippen LogP contribution in [0.4, 0.5) is 5.13 Å². The van der Waals surface area contributed by atoms with E-state index in [1.54, 1.807) is 0 Å². The number of thiazole rings is 1. The van der Waals surface area contributed by atoms with Crippen LogP contribution in [0, 0.1) is 0 Å². The van der Waals surface area contributed by atoms with E-state index in [1.165, 1.54) is 24.3 Å². The molecule has 3 rings (SSSR count). The van der Waals surface area contributed by atoms with Crippen molar-refractivity contribution in [1.82, 2.24) is 14.6 Å². The van der Waals surface area contributed by atoms with Crippen LogP contribution in [0.1, 0.15) is 37.8 Å². The van der Waals surface area contributed by atoms with Crippen molar-refractivity contribution in [2.75, 3.05) is 12.8 Å². The smallest absolute Gasteiger partial charge is 0.731 e. The third kappa shape index (κ3) is 5.66. The summed E-state index contributed by atoms with van der Waals surface area (Å²) in [5.74, 6) is -1.76. The minimum Gasteiger partial charge on any atom is -0.731 e. The Morgan fingerprint density at radius 1 is 1.43 bits per heavy atom. The number of carbonyl (C=O) groups excluding carboxylic acids is 2. The fourth-order valence-corrected chi connectivity index (χ4v) is 6.52. The molecule has 0 unspecified atom stereocenters. The van der Waals surface area contributed by atoms with Crippen molar-refractivity contribution in [2.24, 2.45) is 5.16 Å². The van der Waals surface area contributed by atoms with Gasteiger partial charge in [0.05, 0.1) is 0 Å². The zero-order valence-corrected chi connectivity index (χ0v) is 20.9. The Kier molecular flexibility index (Phi) is 8.97. The van der Waals surface area contributed by atoms with E-state index in [0.29, 0.717) is 4.31 Å². The molecule has 1 aromatic heterocycles. The number of amides is 2. The molecule has 2 aliphatic rings. The molecule has 160 valence electrons. The summed E-state index contributed by atoms with van der Waals surface area (Å²) in [6.45, 7) is 0. The quantitative estimate of drug-likeness (QED) is 0.137. The average molecular weight is 486 g/mol. The van der Waals surface area contributed by atoms with Gasteiger partial charge in [0.2, 0.25) is 0 Å². The average Bonchev–Trinajstić information content (AvgIpc) is 3.09. The molecule has 0 bridgehead atoms. The number of thioether (sulfide) groups is 1. The van der Waals surface area contributed by atoms with E-state index in [9.17, 15) is 22.6 Å². The van der Waals surface area contributed by atoms with E-state index in [-0.39, 0.29) is 51.3 Å². The first-order chi connectivity index (χ1) is 13.7. The van der Waals surface area contributed by atoms with Crippen molar-refractivity contribution in [3.05, 3.63) is 11.1 Å². The molecule has 1 saturated heterocycles. The van der Waals surface area contributed by atoms with Crippen molar-refractivity contribution in [2.45, 2.75) is 48.8 Å². The normalized spacial score (nSPS) is 22.8. The van der Waals surface area contributed by atoms with Crippen LogP contribution in [0.5, 0.6) is 0 Å². The first-order valence-corrected chi connectivity index (χ1v) is 12.0. The molecule has 11 nitrogen and oxygen atoms in total. The molecular weight excluding hydrogens is 465 g/mol. The van der Waals surface area contributed by atoms with Gasteiger partial charge >= 0.3 is 29.6 Å². The van der Waals surface area contributed by atoms with E-state index in [2.05, 4.69) is 20.3 Å². The van der Waals surface area contributed by atoms with Crippen LogP contribution in [0.15, 0.2) is 10.5 Å². The molecule has 30 heavy (non-hydrogen) atoms. The first-order valence-electron chi connectivity index (χ1n) is 8.80. The van der Waals surface area contributed by atoms with Gasteiger partial charge in [-0.05, 0) is 12.8 Å². The van der Waals surface area contributed by atoms with Crippen molar-refractivity contribution in [1.29, 1.82) is 0 Å². The number of rotatable bonds is 7. The minimum atomic E-state index is -4.98. The Balaban J connectivity index is 0.00000320. The summed E-state index contributed by atoms with van der Waals surface area (Å²) in [6.07, 6.45) is 4.80. The Bertz CT molecular complexity index is 918. The van der Waals surface area contributed by atoms with Gasteiger partial charge in [-0.15, -0.1) is 23.1 Å². The van der Waals surface area contributed by atoms with Crippen LogP contribution in [-0.4, -0.2) is 63.6 Å². The Morgan fingerprint density at radius 3 is 2.63 bits per heavy atom. The molecule has 0 radical (unpaired) electrons. The molecule has 1 aliphatic carbocycles. The molecule has 15 heteroatoms. The molecule has 1 aromatic rings. The second kappa shape index (κ2) is 10.6. The van der Waals surface area contributed by atoms with Crippen LogP contribution in [0.25, 0.3) is 0 Å². The van der Waals surface area contributed by atoms with Gasteiger partial charge in [0.25, 0.3) is 11.8 Å². The number of carbonyl (C=O) groups is 2. The predicted molar refractivity (Wildman–Crippen MR) is 107 cm³/mol. The Hall–Kier alpha value is -0.900. The number of nitrogens with zero attached hydrogens (tertiary/aromatic N) is 3. The Morgan fingerprint density at radius 2 is 2.10 bits per heavy atom. The number of nitrogens with one attached hydrogen (secondary N) is 1. The van der Waals surface area contributed by atoms with Gasteiger partial charge in [0.1, 0.15) is 24.2 Å². The van der Waals surface area contributed by atoms with Gasteiger partial charge < -0.3 is 20.4 Å². The molecule has 1 aliphatic heterocycles. The zero-order chi connectivity index (χ0) is 21.2. The fraction of sp³-hybridized carbons (Fsp3) is 0.600. The standard InChI is InChI=1S/C15H21N5O6S3.Na/c1-26-19-10(9-7-27-15(16)17-9)12(21)18-11-13(22)20(29(23,24)25)14(11)28-8-5-3-2-4-6-8;/h7-8,11,14H,2-6H2,1H3,(H2,16,17)(H,18,21)(H,23,24,25);/q;+1/p-1/b19-10+;/t11-,14-;/m1./s1. The van der Waals surface area contributed by atoms with E-state index in [0.717, 1.165) is 43.4 Å². The van der Waals surface area contributed by atoms with Crippen LogP contribution >= 0.6 is 23.1 Å². The number of anilines is 1. The number of nitrogen functional groups attached to an aromatic ring is 1. The van der Waals surface area contributed by atoms with E-state index in [1.807, 2.05) is 0 Å². The summed E-state index contributed by atoms with van der Waals surface area (Å²) in [5.41, 5.74) is 5.53. The third-order valence-corrected chi connectivity index (χ3v) is 7.89. The third-order valence-electron chi connectivity index (χ3n) is 4.57. The number of oxime groups is 1. The zero-order valence-electron chi connectivity index (χ0n) is 16.4. The monoisotopic (exact) mass is 485 g/mol. The Labute approximate surface area is 204 Å². The number of hydrogen-bond acceptors (Lipinski definition) is 11. The van der Waals surface area contributed by atoms with Gasteiger partial charge in [0.15, 0.2) is 21.1 Å². The van der Waals surface area contributed by atoms with Crippen LogP contribution in [-0.2, 0) is 24.7 Å². The summed E-state index contributed by atoms with van der Waals surface area (Å²) in [5, 5.41) is 6.91. The number of hydrogen-bond donors (Lipinski definition) is 2. The molecule has 2 heterocycles. The van der Waals surface area contributed by atoms with Crippen LogP contribution < -0.4 is 40.6 Å². The maximum absolute atomic E-state index is 12.7. The molecule has 2 atom stereocenters. The van der Waals surface area contributed by atoms with Crippen molar-refractivity contribution in [3.8, 4) is 0 Å². The van der Waals surface area contributed by atoms with Crippen LogP contribution in [0.3, 0.4) is 0 Å². The largest absolute Gasteiger partial charge is 1.00 e. The minimum absolute atomic E-state index is 0. The van der Waals surface area contributed by atoms with Crippen molar-refractivity contribution >= 4 is 56.1 Å². The predicted octanol–water partition coefficient (Wildman–Crippen LogP) is -2.74. The van der Waals surface area contributed by atoms with E-state index in [4.69, 9.17) is 5.73 Å². The summed E-state index contributed by atoms with van der Waals surface area (Å²) in [6, 6.07) is -1.17. The summed E-state index contributed by atoms with van der Waals surface area (Å²) < 4.78 is 34.9. The molecule has 3 N–H and O–H groups in total. The first kappa shape index (κ1) is 25.4. The fourth-order valence-electron chi connectivity index (χ4n) is 3.24. The number of nitrogens with two attached hydrogens (primary N) is 1.